The monoisotopic (exact) mass is 294 g/mol. The van der Waals surface area contributed by atoms with E-state index in [2.05, 4.69) is 4.99 Å². The van der Waals surface area contributed by atoms with E-state index in [1.807, 2.05) is 13.8 Å². The SMILES string of the molecule is CCOC(=O)/C(N)=C1\CCCCC1=NCC(=O)C(C)CC. The van der Waals surface area contributed by atoms with Crippen LogP contribution >= 0.6 is 0 Å². The maximum absolute atomic E-state index is 11.9. The lowest BCUT2D eigenvalue weighted by atomic mass is 9.91. The first kappa shape index (κ1) is 17.4. The van der Waals surface area contributed by atoms with Crippen LogP contribution in [0.5, 0.6) is 0 Å². The molecule has 0 saturated heterocycles. The van der Waals surface area contributed by atoms with Crippen molar-refractivity contribution >= 4 is 17.5 Å². The van der Waals surface area contributed by atoms with Crippen LogP contribution in [0.25, 0.3) is 0 Å². The molecule has 5 nitrogen and oxygen atoms in total. The number of aliphatic imine (C=N–C) groups is 1. The van der Waals surface area contributed by atoms with Crippen LogP contribution in [0.2, 0.25) is 0 Å². The van der Waals surface area contributed by atoms with E-state index in [1.54, 1.807) is 6.92 Å². The minimum Gasteiger partial charge on any atom is -0.461 e. The Bertz CT molecular complexity index is 452. The van der Waals surface area contributed by atoms with E-state index >= 15 is 0 Å². The molecule has 5 heteroatoms. The van der Waals surface area contributed by atoms with Crippen LogP contribution in [0.1, 0.15) is 52.9 Å². The van der Waals surface area contributed by atoms with E-state index < -0.39 is 5.97 Å². The zero-order valence-electron chi connectivity index (χ0n) is 13.3. The number of Topliss-reactive ketones (excluding diaryl/α,β-unsaturated/α-hetero) is 1. The second kappa shape index (κ2) is 8.60. The van der Waals surface area contributed by atoms with E-state index in [0.29, 0.717) is 6.61 Å². The van der Waals surface area contributed by atoms with Gasteiger partial charge in [-0.05, 0) is 39.0 Å². The van der Waals surface area contributed by atoms with Crippen molar-refractivity contribution in [3.63, 3.8) is 0 Å². The first-order valence-corrected chi connectivity index (χ1v) is 7.73. The Balaban J connectivity index is 2.89. The van der Waals surface area contributed by atoms with Crippen molar-refractivity contribution in [3.8, 4) is 0 Å². The first-order valence-electron chi connectivity index (χ1n) is 7.73. The number of nitrogens with zero attached hydrogens (tertiary/aromatic N) is 1. The molecule has 0 aromatic heterocycles. The van der Waals surface area contributed by atoms with Crippen molar-refractivity contribution in [2.45, 2.75) is 52.9 Å². The number of allylic oxidation sites excluding steroid dienone is 1. The zero-order chi connectivity index (χ0) is 15.8. The summed E-state index contributed by atoms with van der Waals surface area (Å²) in [7, 11) is 0. The molecule has 21 heavy (non-hydrogen) atoms. The van der Waals surface area contributed by atoms with Crippen LogP contribution in [0, 0.1) is 5.92 Å². The molecule has 1 aliphatic rings. The smallest absolute Gasteiger partial charge is 0.354 e. The van der Waals surface area contributed by atoms with E-state index in [-0.39, 0.29) is 23.9 Å². The Hall–Kier alpha value is -1.65. The van der Waals surface area contributed by atoms with Gasteiger partial charge in [0.25, 0.3) is 0 Å². The van der Waals surface area contributed by atoms with Crippen LogP contribution in [-0.4, -0.2) is 30.6 Å². The predicted molar refractivity (Wildman–Crippen MR) is 83.1 cm³/mol. The lowest BCUT2D eigenvalue weighted by Gasteiger charge is -2.19. The number of hydrogen-bond donors (Lipinski definition) is 1. The summed E-state index contributed by atoms with van der Waals surface area (Å²) in [6, 6.07) is 0. The molecular formula is C16H26N2O3. The number of nitrogens with two attached hydrogens (primary N) is 1. The second-order valence-corrected chi connectivity index (χ2v) is 5.36. The molecule has 0 bridgehead atoms. The number of hydrogen-bond acceptors (Lipinski definition) is 5. The number of carbonyl (C=O) groups is 2. The van der Waals surface area contributed by atoms with Crippen LogP contribution in [-0.2, 0) is 14.3 Å². The van der Waals surface area contributed by atoms with Gasteiger partial charge in [-0.25, -0.2) is 4.79 Å². The molecule has 0 radical (unpaired) electrons. The maximum atomic E-state index is 11.9. The van der Waals surface area contributed by atoms with Gasteiger partial charge in [-0.3, -0.25) is 9.79 Å². The van der Waals surface area contributed by atoms with E-state index in [0.717, 1.165) is 43.4 Å². The molecule has 0 spiro atoms. The summed E-state index contributed by atoms with van der Waals surface area (Å²) in [4.78, 5) is 28.1. The molecule has 2 N–H and O–H groups in total. The molecule has 1 atom stereocenters. The lowest BCUT2D eigenvalue weighted by molar-refractivity contribution is -0.138. The normalized spacial score (nSPS) is 21.0. The minimum absolute atomic E-state index is 0.0211. The molecule has 1 rings (SSSR count). The highest BCUT2D eigenvalue weighted by Gasteiger charge is 2.21. The van der Waals surface area contributed by atoms with Crippen LogP contribution < -0.4 is 5.73 Å². The van der Waals surface area contributed by atoms with Crippen molar-refractivity contribution in [1.29, 1.82) is 0 Å². The van der Waals surface area contributed by atoms with E-state index in [9.17, 15) is 9.59 Å². The highest BCUT2D eigenvalue weighted by Crippen LogP contribution is 2.23. The van der Waals surface area contributed by atoms with Crippen molar-refractivity contribution in [2.24, 2.45) is 16.6 Å². The van der Waals surface area contributed by atoms with Gasteiger partial charge >= 0.3 is 5.97 Å². The number of ether oxygens (including phenoxy) is 1. The maximum Gasteiger partial charge on any atom is 0.354 e. The topological polar surface area (TPSA) is 81.8 Å². The average Bonchev–Trinajstić information content (AvgIpc) is 2.51. The molecular weight excluding hydrogens is 268 g/mol. The molecule has 118 valence electrons. The predicted octanol–water partition coefficient (Wildman–Crippen LogP) is 2.39. The molecule has 0 heterocycles. The second-order valence-electron chi connectivity index (χ2n) is 5.36. The summed E-state index contributed by atoms with van der Waals surface area (Å²) in [5, 5.41) is 0. The van der Waals surface area contributed by atoms with Crippen molar-refractivity contribution < 1.29 is 14.3 Å². The fraction of sp³-hybridized carbons (Fsp3) is 0.688. The van der Waals surface area contributed by atoms with Gasteiger partial charge < -0.3 is 10.5 Å². The molecule has 1 aliphatic carbocycles. The fourth-order valence-corrected chi connectivity index (χ4v) is 2.24. The Morgan fingerprint density at radius 3 is 2.57 bits per heavy atom. The van der Waals surface area contributed by atoms with Gasteiger partial charge in [0.1, 0.15) is 5.70 Å². The molecule has 0 aromatic rings. The van der Waals surface area contributed by atoms with Crippen LogP contribution in [0.3, 0.4) is 0 Å². The van der Waals surface area contributed by atoms with Crippen LogP contribution in [0.15, 0.2) is 16.3 Å². The Labute approximate surface area is 126 Å². The minimum atomic E-state index is -0.490. The summed E-state index contributed by atoms with van der Waals surface area (Å²) in [6.07, 6.45) is 4.30. The van der Waals surface area contributed by atoms with Gasteiger partial charge in [0.15, 0.2) is 5.78 Å². The largest absolute Gasteiger partial charge is 0.461 e. The van der Waals surface area contributed by atoms with Gasteiger partial charge in [-0.1, -0.05) is 13.8 Å². The number of ketones is 1. The number of carbonyl (C=O) groups excluding carboxylic acids is 2. The summed E-state index contributed by atoms with van der Waals surface area (Å²) < 4.78 is 4.94. The summed E-state index contributed by atoms with van der Waals surface area (Å²) in [5.74, 6) is -0.340. The fourth-order valence-electron chi connectivity index (χ4n) is 2.24. The Kier molecular flexibility index (Phi) is 7.12. The standard InChI is InChI=1S/C16H26N2O3/c1-4-11(3)14(19)10-18-13-9-7-6-8-12(13)15(17)16(20)21-5-2/h11H,4-10,17H2,1-3H3/b15-12-,18-13?. The van der Waals surface area contributed by atoms with Gasteiger partial charge in [0.05, 0.1) is 13.2 Å². The molecule has 1 fully saturated rings. The quantitative estimate of drug-likeness (QED) is 0.602. The molecule has 0 aromatic carbocycles. The van der Waals surface area contributed by atoms with E-state index in [4.69, 9.17) is 10.5 Å². The summed E-state index contributed by atoms with van der Waals surface area (Å²) in [5.41, 5.74) is 7.60. The van der Waals surface area contributed by atoms with Gasteiger partial charge in [0.2, 0.25) is 0 Å². The van der Waals surface area contributed by atoms with Crippen molar-refractivity contribution in [3.05, 3.63) is 11.3 Å². The van der Waals surface area contributed by atoms with Gasteiger partial charge in [0, 0.05) is 17.2 Å². The third kappa shape index (κ3) is 4.99. The third-order valence-corrected chi connectivity index (χ3v) is 3.85. The first-order chi connectivity index (χ1) is 10.0. The van der Waals surface area contributed by atoms with E-state index in [1.165, 1.54) is 0 Å². The summed E-state index contributed by atoms with van der Waals surface area (Å²) in [6.45, 7) is 6.11. The summed E-state index contributed by atoms with van der Waals surface area (Å²) >= 11 is 0. The number of rotatable bonds is 6. The molecule has 0 amide bonds. The molecule has 0 aliphatic heterocycles. The highest BCUT2D eigenvalue weighted by atomic mass is 16.5. The van der Waals surface area contributed by atoms with Crippen molar-refractivity contribution in [2.75, 3.05) is 13.2 Å². The number of esters is 1. The van der Waals surface area contributed by atoms with Crippen LogP contribution in [0.4, 0.5) is 0 Å². The Morgan fingerprint density at radius 1 is 1.29 bits per heavy atom. The molecule has 1 unspecified atom stereocenters. The third-order valence-electron chi connectivity index (χ3n) is 3.85. The highest BCUT2D eigenvalue weighted by molar-refractivity contribution is 6.07. The van der Waals surface area contributed by atoms with Gasteiger partial charge in [-0.2, -0.15) is 0 Å². The Morgan fingerprint density at radius 2 is 1.95 bits per heavy atom. The van der Waals surface area contributed by atoms with Crippen molar-refractivity contribution in [1.82, 2.24) is 0 Å². The average molecular weight is 294 g/mol. The molecule has 1 saturated carbocycles. The van der Waals surface area contributed by atoms with Gasteiger partial charge in [-0.15, -0.1) is 0 Å². The zero-order valence-corrected chi connectivity index (χ0v) is 13.3. The lowest BCUT2D eigenvalue weighted by Crippen LogP contribution is -2.24.